The molecule has 26 heavy (non-hydrogen) atoms. The predicted octanol–water partition coefficient (Wildman–Crippen LogP) is 1.91. The molecule has 1 saturated heterocycles. The fourth-order valence-electron chi connectivity index (χ4n) is 3.17. The quantitative estimate of drug-likeness (QED) is 0.806. The molecule has 1 unspecified atom stereocenters. The molecule has 1 aromatic carbocycles. The third-order valence-electron chi connectivity index (χ3n) is 4.69. The number of nitrogens with zero attached hydrogens (tertiary/aromatic N) is 4. The predicted molar refractivity (Wildman–Crippen MR) is 94.5 cm³/mol. The molecule has 0 spiro atoms. The first-order valence-electron chi connectivity index (χ1n) is 8.59. The number of ether oxygens (including phenoxy) is 2. The van der Waals surface area contributed by atoms with Gasteiger partial charge < -0.3 is 18.9 Å². The Morgan fingerprint density at radius 3 is 2.27 bits per heavy atom. The van der Waals surface area contributed by atoms with Gasteiger partial charge in [0.15, 0.2) is 5.82 Å². The average molecular weight is 360 g/mol. The summed E-state index contributed by atoms with van der Waals surface area (Å²) in [5.41, 5.74) is 0.464. The van der Waals surface area contributed by atoms with Crippen LogP contribution in [0.4, 0.5) is 0 Å². The average Bonchev–Trinajstić information content (AvgIpc) is 3.12. The van der Waals surface area contributed by atoms with Crippen LogP contribution in [0, 0.1) is 6.92 Å². The van der Waals surface area contributed by atoms with Gasteiger partial charge in [0.25, 0.3) is 5.91 Å². The third-order valence-corrected chi connectivity index (χ3v) is 4.69. The van der Waals surface area contributed by atoms with Crippen LogP contribution in [0.15, 0.2) is 22.7 Å². The molecule has 1 atom stereocenters. The van der Waals surface area contributed by atoms with E-state index in [0.717, 1.165) is 13.1 Å². The fraction of sp³-hybridized carbons (Fsp3) is 0.500. The number of aryl methyl sites for hydroxylation is 1. The summed E-state index contributed by atoms with van der Waals surface area (Å²) < 4.78 is 16.0. The molecular weight excluding hydrogens is 336 g/mol. The van der Waals surface area contributed by atoms with Crippen molar-refractivity contribution in [3.63, 3.8) is 0 Å². The fourth-order valence-corrected chi connectivity index (χ4v) is 3.17. The van der Waals surface area contributed by atoms with Gasteiger partial charge in [0.1, 0.15) is 17.1 Å². The van der Waals surface area contributed by atoms with E-state index in [4.69, 9.17) is 14.0 Å². The lowest BCUT2D eigenvalue weighted by Gasteiger charge is -2.37. The number of hydrogen-bond acceptors (Lipinski definition) is 7. The zero-order valence-corrected chi connectivity index (χ0v) is 15.6. The van der Waals surface area contributed by atoms with Crippen molar-refractivity contribution in [1.82, 2.24) is 19.9 Å². The van der Waals surface area contributed by atoms with Crippen molar-refractivity contribution in [3.8, 4) is 11.5 Å². The lowest BCUT2D eigenvalue weighted by molar-refractivity contribution is 0.0546. The molecule has 1 aliphatic heterocycles. The molecule has 0 aliphatic carbocycles. The molecule has 1 aliphatic rings. The minimum absolute atomic E-state index is 0.0225. The Balaban J connectivity index is 1.69. The lowest BCUT2D eigenvalue weighted by atomic mass is 10.1. The van der Waals surface area contributed by atoms with Crippen molar-refractivity contribution in [2.45, 2.75) is 19.9 Å². The number of hydrogen-bond donors (Lipinski definition) is 0. The Labute approximate surface area is 152 Å². The Hall–Kier alpha value is -2.61. The van der Waals surface area contributed by atoms with Crippen molar-refractivity contribution in [3.05, 3.63) is 35.5 Å². The van der Waals surface area contributed by atoms with Crippen molar-refractivity contribution < 1.29 is 18.8 Å². The highest BCUT2D eigenvalue weighted by Gasteiger charge is 2.30. The van der Waals surface area contributed by atoms with Crippen LogP contribution in [0.2, 0.25) is 0 Å². The Bertz CT molecular complexity index is 746. The normalized spacial score (nSPS) is 16.4. The van der Waals surface area contributed by atoms with Gasteiger partial charge in [-0.2, -0.15) is 4.98 Å². The lowest BCUT2D eigenvalue weighted by Crippen LogP contribution is -2.49. The maximum absolute atomic E-state index is 13.0. The molecule has 2 aromatic rings. The minimum Gasteiger partial charge on any atom is -0.496 e. The van der Waals surface area contributed by atoms with Gasteiger partial charge in [-0.1, -0.05) is 11.2 Å². The maximum Gasteiger partial charge on any atom is 0.261 e. The topological polar surface area (TPSA) is 80.9 Å². The summed E-state index contributed by atoms with van der Waals surface area (Å²) in [4.78, 5) is 21.4. The molecule has 140 valence electrons. The van der Waals surface area contributed by atoms with E-state index in [1.165, 1.54) is 0 Å². The summed E-state index contributed by atoms with van der Waals surface area (Å²) in [6, 6.07) is 5.37. The van der Waals surface area contributed by atoms with E-state index in [1.807, 2.05) is 11.8 Å². The smallest absolute Gasteiger partial charge is 0.261 e. The molecule has 8 nitrogen and oxygen atoms in total. The molecule has 0 saturated carbocycles. The largest absolute Gasteiger partial charge is 0.496 e. The molecule has 0 N–H and O–H groups in total. The van der Waals surface area contributed by atoms with E-state index < -0.39 is 0 Å². The van der Waals surface area contributed by atoms with Gasteiger partial charge in [0.2, 0.25) is 5.89 Å². The molecular formula is C18H24N4O4. The van der Waals surface area contributed by atoms with Crippen LogP contribution in [0.1, 0.15) is 35.0 Å². The SMILES string of the molecule is COc1cccc(OC)c1C(=O)N1CCN(C(C)c2nc(C)no2)CC1. The van der Waals surface area contributed by atoms with Gasteiger partial charge in [-0.3, -0.25) is 9.69 Å². The summed E-state index contributed by atoms with van der Waals surface area (Å²) in [5, 5.41) is 3.85. The minimum atomic E-state index is -0.0831. The first-order chi connectivity index (χ1) is 12.5. The van der Waals surface area contributed by atoms with Gasteiger partial charge >= 0.3 is 0 Å². The van der Waals surface area contributed by atoms with Gasteiger partial charge in [-0.25, -0.2) is 0 Å². The summed E-state index contributed by atoms with van der Waals surface area (Å²) in [5.74, 6) is 2.19. The van der Waals surface area contributed by atoms with Crippen molar-refractivity contribution in [1.29, 1.82) is 0 Å². The highest BCUT2D eigenvalue weighted by atomic mass is 16.5. The molecule has 1 amide bonds. The van der Waals surface area contributed by atoms with E-state index >= 15 is 0 Å². The Kier molecular flexibility index (Phi) is 5.41. The molecule has 1 aromatic heterocycles. The second-order valence-electron chi connectivity index (χ2n) is 6.22. The van der Waals surface area contributed by atoms with Crippen LogP contribution in [0.3, 0.4) is 0 Å². The number of methoxy groups -OCH3 is 2. The second kappa shape index (κ2) is 7.74. The van der Waals surface area contributed by atoms with Crippen molar-refractivity contribution >= 4 is 5.91 Å². The van der Waals surface area contributed by atoms with Crippen LogP contribution in [-0.4, -0.2) is 66.2 Å². The highest BCUT2D eigenvalue weighted by molar-refractivity contribution is 5.99. The molecule has 3 rings (SSSR count). The van der Waals surface area contributed by atoms with Crippen LogP contribution in [-0.2, 0) is 0 Å². The summed E-state index contributed by atoms with van der Waals surface area (Å²) in [7, 11) is 3.11. The monoisotopic (exact) mass is 360 g/mol. The highest BCUT2D eigenvalue weighted by Crippen LogP contribution is 2.30. The standard InChI is InChI=1S/C18H24N4O4/c1-12(17-19-13(2)20-26-17)21-8-10-22(11-9-21)18(23)16-14(24-3)6-5-7-15(16)25-4/h5-7,12H,8-11H2,1-4H3. The van der Waals surface area contributed by atoms with Crippen LogP contribution < -0.4 is 9.47 Å². The van der Waals surface area contributed by atoms with Gasteiger partial charge in [-0.05, 0) is 26.0 Å². The number of piperazine rings is 1. The summed E-state index contributed by atoms with van der Waals surface area (Å²) >= 11 is 0. The summed E-state index contributed by atoms with van der Waals surface area (Å²) in [6.07, 6.45) is 0. The van der Waals surface area contributed by atoms with E-state index in [9.17, 15) is 4.79 Å². The van der Waals surface area contributed by atoms with Crippen LogP contribution in [0.25, 0.3) is 0 Å². The molecule has 2 heterocycles. The zero-order chi connectivity index (χ0) is 18.7. The maximum atomic E-state index is 13.0. The number of carbonyl (C=O) groups excluding carboxylic acids is 1. The molecule has 0 radical (unpaired) electrons. The number of rotatable bonds is 5. The number of benzene rings is 1. The van der Waals surface area contributed by atoms with E-state index in [0.29, 0.717) is 41.9 Å². The van der Waals surface area contributed by atoms with E-state index in [1.54, 1.807) is 39.3 Å². The first-order valence-corrected chi connectivity index (χ1v) is 8.59. The van der Waals surface area contributed by atoms with Crippen LogP contribution in [0.5, 0.6) is 11.5 Å². The Morgan fingerprint density at radius 2 is 1.77 bits per heavy atom. The Morgan fingerprint density at radius 1 is 1.15 bits per heavy atom. The molecule has 8 heteroatoms. The molecule has 1 fully saturated rings. The van der Waals surface area contributed by atoms with Crippen LogP contribution >= 0.6 is 0 Å². The van der Waals surface area contributed by atoms with Gasteiger partial charge in [0, 0.05) is 26.2 Å². The van der Waals surface area contributed by atoms with Crippen molar-refractivity contribution in [2.24, 2.45) is 0 Å². The summed E-state index contributed by atoms with van der Waals surface area (Å²) in [6.45, 7) is 6.51. The third kappa shape index (κ3) is 3.50. The zero-order valence-electron chi connectivity index (χ0n) is 15.6. The van der Waals surface area contributed by atoms with Gasteiger partial charge in [-0.15, -0.1) is 0 Å². The van der Waals surface area contributed by atoms with Gasteiger partial charge in [0.05, 0.1) is 20.3 Å². The van der Waals surface area contributed by atoms with E-state index in [-0.39, 0.29) is 11.9 Å². The number of aromatic nitrogens is 2. The molecule has 0 bridgehead atoms. The first kappa shape index (κ1) is 18.2. The second-order valence-corrected chi connectivity index (χ2v) is 6.22. The number of amides is 1. The number of carbonyl (C=O) groups is 1. The van der Waals surface area contributed by atoms with Crippen molar-refractivity contribution in [2.75, 3.05) is 40.4 Å². The van der Waals surface area contributed by atoms with E-state index in [2.05, 4.69) is 15.0 Å².